The number of hydrogen-bond donors (Lipinski definition) is 1. The molecule has 0 atom stereocenters. The molecule has 0 aliphatic rings. The van der Waals surface area contributed by atoms with Gasteiger partial charge in [-0.2, -0.15) is 35.1 Å². The molecule has 10 heteroatoms. The summed E-state index contributed by atoms with van der Waals surface area (Å²) in [6.07, 6.45) is -18.6. The van der Waals surface area contributed by atoms with Crippen LogP contribution in [0.1, 0.15) is 0 Å². The Hall–Kier alpha value is -0.930. The van der Waals surface area contributed by atoms with Crippen molar-refractivity contribution in [1.82, 2.24) is 0 Å². The predicted octanol–water partition coefficient (Wildman–Crippen LogP) is 2.92. The minimum Gasteiger partial charge on any atom is -0.331 e. The van der Waals surface area contributed by atoms with E-state index >= 15 is 0 Å². The summed E-state index contributed by atoms with van der Waals surface area (Å²) >= 11 is 0. The maximum atomic E-state index is 12.0. The monoisotopic (exact) mass is 248 g/mol. The van der Waals surface area contributed by atoms with Crippen LogP contribution in [0.15, 0.2) is 11.4 Å². The molecule has 0 fully saturated rings. The summed E-state index contributed by atoms with van der Waals surface area (Å²) in [5.41, 5.74) is -4.07. The van der Waals surface area contributed by atoms with Crippen molar-refractivity contribution in [2.24, 2.45) is 0 Å². The first-order valence-electron chi connectivity index (χ1n) is 2.92. The van der Waals surface area contributed by atoms with E-state index in [1.54, 1.807) is 0 Å². The molecule has 0 saturated carbocycles. The second-order valence-electron chi connectivity index (χ2n) is 2.23. The molecule has 1 nitrogen and oxygen atoms in total. The Labute approximate surface area is 75.8 Å². The first-order valence-corrected chi connectivity index (χ1v) is 2.92. The number of allylic oxidation sites excluding steroid dienone is 1. The fourth-order valence-corrected chi connectivity index (χ4v) is 0.560. The fourth-order valence-electron chi connectivity index (χ4n) is 0.560. The van der Waals surface area contributed by atoms with Crippen molar-refractivity contribution in [3.63, 3.8) is 0 Å². The van der Waals surface area contributed by atoms with Gasteiger partial charge in [0, 0.05) is 0 Å². The molecule has 15 heavy (non-hydrogen) atoms. The molecule has 0 aliphatic heterocycles. The van der Waals surface area contributed by atoms with Gasteiger partial charge in [-0.15, -0.1) is 0 Å². The quantitative estimate of drug-likeness (QED) is 0.707. The van der Waals surface area contributed by atoms with Crippen LogP contribution < -0.4 is 0 Å². The van der Waals surface area contributed by atoms with Crippen LogP contribution in [0.3, 0.4) is 0 Å². The largest absolute Gasteiger partial charge is 0.424 e. The van der Waals surface area contributed by atoms with E-state index in [2.05, 4.69) is 0 Å². The lowest BCUT2D eigenvalue weighted by Crippen LogP contribution is -2.32. The van der Waals surface area contributed by atoms with E-state index in [9.17, 15) is 39.5 Å². The number of hydrogen-bond acceptors (Lipinski definition) is 1. The van der Waals surface area contributed by atoms with Gasteiger partial charge in [-0.05, 0) is 0 Å². The topological polar surface area (TPSA) is 20.2 Å². The Morgan fingerprint density at radius 1 is 0.733 bits per heavy atom. The van der Waals surface area contributed by atoms with Gasteiger partial charge in [0.05, 0.1) is 0 Å². The highest BCUT2D eigenvalue weighted by Crippen LogP contribution is 2.44. The van der Waals surface area contributed by atoms with Gasteiger partial charge in [-0.25, -0.2) is 4.39 Å². The van der Waals surface area contributed by atoms with Gasteiger partial charge in [-0.1, -0.05) is 0 Å². The first kappa shape index (κ1) is 14.1. The minimum absolute atomic E-state index is 3.98. The fraction of sp³-hybridized carbons (Fsp3) is 0.600. The van der Waals surface area contributed by atoms with Crippen LogP contribution >= 0.6 is 0 Å². The number of aliphatic hydroxyl groups is 1. The molecule has 1 N–H and O–H groups in total. The molecule has 90 valence electrons. The van der Waals surface area contributed by atoms with Gasteiger partial charge in [0.15, 0.2) is 5.57 Å². The van der Waals surface area contributed by atoms with Crippen molar-refractivity contribution in [3.05, 3.63) is 11.4 Å². The molecule has 0 amide bonds. The summed E-state index contributed by atoms with van der Waals surface area (Å²) < 4.78 is 104. The van der Waals surface area contributed by atoms with Crippen LogP contribution in [-0.4, -0.2) is 23.6 Å². The molecule has 0 heterocycles. The maximum absolute atomic E-state index is 12.0. The van der Waals surface area contributed by atoms with E-state index in [1.165, 1.54) is 0 Å². The van der Waals surface area contributed by atoms with E-state index in [0.717, 1.165) is 0 Å². The van der Waals surface area contributed by atoms with Crippen LogP contribution in [0.2, 0.25) is 0 Å². The Kier molecular flexibility index (Phi) is 3.36. The summed E-state index contributed by atoms with van der Waals surface area (Å²) in [5, 5.41) is 7.42. The standard InChI is InChI=1S/C5HF9O/c6-2(5(13,14)15)1(3(7,8)9)4(10,11)12/h15H. The lowest BCUT2D eigenvalue weighted by molar-refractivity contribution is -0.207. The summed E-state index contributed by atoms with van der Waals surface area (Å²) in [7, 11) is 0. The smallest absolute Gasteiger partial charge is 0.331 e. The Bertz CT molecular complexity index is 248. The molecule has 0 rings (SSSR count). The van der Waals surface area contributed by atoms with E-state index < -0.39 is 29.9 Å². The number of alkyl halides is 8. The van der Waals surface area contributed by atoms with Gasteiger partial charge >= 0.3 is 18.5 Å². The molecule has 0 spiro atoms. The zero-order chi connectivity index (χ0) is 12.7. The van der Waals surface area contributed by atoms with Crippen LogP contribution in [0.5, 0.6) is 0 Å². The highest BCUT2D eigenvalue weighted by atomic mass is 19.4. The van der Waals surface area contributed by atoms with Crippen molar-refractivity contribution < 1.29 is 44.6 Å². The average molecular weight is 248 g/mol. The maximum Gasteiger partial charge on any atom is 0.424 e. The Balaban J connectivity index is 5.71. The Morgan fingerprint density at radius 2 is 1.00 bits per heavy atom. The first-order chi connectivity index (χ1) is 6.28. The van der Waals surface area contributed by atoms with Crippen molar-refractivity contribution in [2.75, 3.05) is 0 Å². The summed E-state index contributed by atoms with van der Waals surface area (Å²) in [4.78, 5) is 0. The third kappa shape index (κ3) is 3.61. The third-order valence-electron chi connectivity index (χ3n) is 1.05. The molecular formula is C5HF9O. The highest BCUT2D eigenvalue weighted by molar-refractivity contribution is 5.22. The van der Waals surface area contributed by atoms with Gasteiger partial charge in [-0.3, -0.25) is 0 Å². The number of rotatable bonds is 1. The van der Waals surface area contributed by atoms with Crippen molar-refractivity contribution in [3.8, 4) is 0 Å². The molecule has 0 aromatic carbocycles. The second-order valence-corrected chi connectivity index (χ2v) is 2.23. The highest BCUT2D eigenvalue weighted by Gasteiger charge is 2.57. The van der Waals surface area contributed by atoms with E-state index in [-0.39, 0.29) is 0 Å². The van der Waals surface area contributed by atoms with Crippen molar-refractivity contribution in [2.45, 2.75) is 18.5 Å². The SMILES string of the molecule is OC(F)(F)C(F)=C(C(F)(F)F)C(F)(F)F. The van der Waals surface area contributed by atoms with E-state index in [4.69, 9.17) is 5.11 Å². The van der Waals surface area contributed by atoms with E-state index in [1.807, 2.05) is 0 Å². The summed E-state index contributed by atoms with van der Waals surface area (Å²) in [6.45, 7) is 0. The molecule has 0 bridgehead atoms. The summed E-state index contributed by atoms with van der Waals surface area (Å²) in [6, 6.07) is 0. The zero-order valence-corrected chi connectivity index (χ0v) is 6.35. The normalized spacial score (nSPS) is 14.0. The van der Waals surface area contributed by atoms with Crippen LogP contribution in [0.4, 0.5) is 39.5 Å². The molecule has 0 aromatic heterocycles. The van der Waals surface area contributed by atoms with Crippen LogP contribution in [-0.2, 0) is 0 Å². The van der Waals surface area contributed by atoms with Crippen LogP contribution in [0, 0.1) is 0 Å². The van der Waals surface area contributed by atoms with Gasteiger partial charge < -0.3 is 5.11 Å². The van der Waals surface area contributed by atoms with Gasteiger partial charge in [0.1, 0.15) is 0 Å². The van der Waals surface area contributed by atoms with E-state index in [0.29, 0.717) is 0 Å². The molecule has 0 unspecified atom stereocenters. The molecule has 0 radical (unpaired) electrons. The van der Waals surface area contributed by atoms with Crippen molar-refractivity contribution >= 4 is 0 Å². The summed E-state index contributed by atoms with van der Waals surface area (Å²) in [5.74, 6) is -3.98. The lowest BCUT2D eigenvalue weighted by atomic mass is 10.2. The van der Waals surface area contributed by atoms with Crippen molar-refractivity contribution in [1.29, 1.82) is 0 Å². The molecule has 0 aromatic rings. The molecular weight excluding hydrogens is 247 g/mol. The minimum atomic E-state index is -6.38. The van der Waals surface area contributed by atoms with Gasteiger partial charge in [0.25, 0.3) is 0 Å². The molecule has 0 saturated heterocycles. The average Bonchev–Trinajstić information content (AvgIpc) is 1.76. The van der Waals surface area contributed by atoms with Gasteiger partial charge in [0.2, 0.25) is 5.83 Å². The molecule has 0 aliphatic carbocycles. The predicted molar refractivity (Wildman–Crippen MR) is 27.4 cm³/mol. The number of halogens is 9. The zero-order valence-electron chi connectivity index (χ0n) is 6.35. The Morgan fingerprint density at radius 3 is 1.07 bits per heavy atom. The van der Waals surface area contributed by atoms with Crippen LogP contribution in [0.25, 0.3) is 0 Å². The lowest BCUT2D eigenvalue weighted by Gasteiger charge is -2.17. The second kappa shape index (κ2) is 3.58. The third-order valence-corrected chi connectivity index (χ3v) is 1.05.